The topological polar surface area (TPSA) is 64.8 Å². The number of carbonyl (C=O) groups is 1. The Morgan fingerprint density at radius 1 is 1.53 bits per heavy atom. The number of carbonyl (C=O) groups excluding carboxylic acids is 1. The summed E-state index contributed by atoms with van der Waals surface area (Å²) in [7, 11) is 0. The molecule has 1 aliphatic rings. The smallest absolute Gasteiger partial charge is 0.410 e. The van der Waals surface area contributed by atoms with Crippen molar-refractivity contribution in [3.63, 3.8) is 0 Å². The number of hydrogen-bond acceptors (Lipinski definition) is 4. The number of rotatable bonds is 2. The summed E-state index contributed by atoms with van der Waals surface area (Å²) in [5.41, 5.74) is -0.431. The number of likely N-dealkylation sites (tertiary alicyclic amines) is 1. The highest BCUT2D eigenvalue weighted by Crippen LogP contribution is 2.19. The van der Waals surface area contributed by atoms with E-state index in [-0.39, 0.29) is 6.09 Å². The Bertz CT molecular complexity index is 225. The lowest BCUT2D eigenvalue weighted by atomic mass is 10.1. The summed E-state index contributed by atoms with van der Waals surface area (Å²) >= 11 is 0. The van der Waals surface area contributed by atoms with Crippen molar-refractivity contribution in [3.8, 4) is 0 Å². The minimum absolute atomic E-state index is 0.248. The minimum atomic E-state index is -0.431. The maximum Gasteiger partial charge on any atom is 0.410 e. The van der Waals surface area contributed by atoms with Crippen LogP contribution in [-0.2, 0) is 9.57 Å². The number of amides is 1. The molecule has 1 rings (SSSR count). The molecule has 88 valence electrons. The lowest BCUT2D eigenvalue weighted by Crippen LogP contribution is -2.35. The molecule has 0 aromatic carbocycles. The monoisotopic (exact) mass is 216 g/mol. The summed E-state index contributed by atoms with van der Waals surface area (Å²) in [4.78, 5) is 17.9. The molecule has 0 aliphatic carbocycles. The lowest BCUT2D eigenvalue weighted by molar-refractivity contribution is 0.0274. The fourth-order valence-corrected chi connectivity index (χ4v) is 1.60. The molecule has 0 aromatic heterocycles. The van der Waals surface area contributed by atoms with Crippen molar-refractivity contribution < 1.29 is 14.4 Å². The highest BCUT2D eigenvalue weighted by Gasteiger charge is 2.29. The van der Waals surface area contributed by atoms with Gasteiger partial charge in [0, 0.05) is 19.0 Å². The largest absolute Gasteiger partial charge is 0.444 e. The molecule has 0 spiro atoms. The summed E-state index contributed by atoms with van der Waals surface area (Å²) in [6.07, 6.45) is 0.679. The first-order valence-corrected chi connectivity index (χ1v) is 5.22. The summed E-state index contributed by atoms with van der Waals surface area (Å²) in [6, 6.07) is 0. The van der Waals surface area contributed by atoms with E-state index in [1.165, 1.54) is 0 Å². The van der Waals surface area contributed by atoms with Gasteiger partial charge in [0.2, 0.25) is 0 Å². The normalized spacial score (nSPS) is 21.9. The van der Waals surface area contributed by atoms with Crippen LogP contribution in [0.4, 0.5) is 4.79 Å². The van der Waals surface area contributed by atoms with Gasteiger partial charge in [-0.05, 0) is 27.2 Å². The van der Waals surface area contributed by atoms with Crippen molar-refractivity contribution in [2.24, 2.45) is 11.8 Å². The van der Waals surface area contributed by atoms with Crippen molar-refractivity contribution in [1.82, 2.24) is 4.90 Å². The maximum absolute atomic E-state index is 11.6. The lowest BCUT2D eigenvalue weighted by Gasteiger charge is -2.24. The van der Waals surface area contributed by atoms with Gasteiger partial charge in [-0.2, -0.15) is 0 Å². The van der Waals surface area contributed by atoms with Crippen molar-refractivity contribution in [1.29, 1.82) is 0 Å². The standard InChI is InChI=1S/C10H20N2O3/c1-10(2,3)15-9(13)12-5-4-8(6-12)7-14-11/h8H,4-7,11H2,1-3H3. The van der Waals surface area contributed by atoms with Crippen LogP contribution in [-0.4, -0.2) is 36.3 Å². The molecule has 15 heavy (non-hydrogen) atoms. The first kappa shape index (κ1) is 12.3. The number of hydrogen-bond donors (Lipinski definition) is 1. The molecule has 1 saturated heterocycles. The zero-order valence-corrected chi connectivity index (χ0v) is 9.66. The van der Waals surface area contributed by atoms with Gasteiger partial charge in [0.1, 0.15) is 5.60 Å². The molecule has 5 nitrogen and oxygen atoms in total. The van der Waals surface area contributed by atoms with Gasteiger partial charge >= 0.3 is 6.09 Å². The van der Waals surface area contributed by atoms with E-state index in [0.29, 0.717) is 19.1 Å². The van der Waals surface area contributed by atoms with Crippen LogP contribution >= 0.6 is 0 Å². The molecule has 0 aromatic rings. The quantitative estimate of drug-likeness (QED) is 0.703. The Morgan fingerprint density at radius 3 is 2.73 bits per heavy atom. The Labute approximate surface area is 90.5 Å². The number of nitrogens with zero attached hydrogens (tertiary/aromatic N) is 1. The van der Waals surface area contributed by atoms with Crippen LogP contribution in [0.2, 0.25) is 0 Å². The molecule has 1 fully saturated rings. The van der Waals surface area contributed by atoms with Gasteiger partial charge in [-0.3, -0.25) is 0 Å². The molecule has 0 radical (unpaired) electrons. The average Bonchev–Trinajstić information content (AvgIpc) is 2.50. The molecular formula is C10H20N2O3. The molecule has 2 N–H and O–H groups in total. The molecule has 1 heterocycles. The van der Waals surface area contributed by atoms with E-state index in [4.69, 9.17) is 10.6 Å². The predicted molar refractivity (Wildman–Crippen MR) is 56.1 cm³/mol. The molecule has 1 amide bonds. The van der Waals surface area contributed by atoms with Crippen LogP contribution in [0.25, 0.3) is 0 Å². The summed E-state index contributed by atoms with van der Waals surface area (Å²) in [6.45, 7) is 7.48. The molecule has 0 saturated carbocycles. The van der Waals surface area contributed by atoms with Crippen LogP contribution in [0.3, 0.4) is 0 Å². The van der Waals surface area contributed by atoms with Crippen LogP contribution in [0.5, 0.6) is 0 Å². The number of ether oxygens (including phenoxy) is 1. The minimum Gasteiger partial charge on any atom is -0.444 e. The van der Waals surface area contributed by atoms with Crippen LogP contribution in [0.15, 0.2) is 0 Å². The molecule has 1 atom stereocenters. The first-order valence-electron chi connectivity index (χ1n) is 5.22. The zero-order valence-electron chi connectivity index (χ0n) is 9.66. The third-order valence-corrected chi connectivity index (χ3v) is 2.27. The Balaban J connectivity index is 2.37. The summed E-state index contributed by atoms with van der Waals surface area (Å²) < 4.78 is 5.26. The zero-order chi connectivity index (χ0) is 11.5. The van der Waals surface area contributed by atoms with E-state index >= 15 is 0 Å². The van der Waals surface area contributed by atoms with Crippen molar-refractivity contribution in [3.05, 3.63) is 0 Å². The van der Waals surface area contributed by atoms with Gasteiger partial charge in [0.25, 0.3) is 0 Å². The first-order chi connectivity index (χ1) is 6.92. The molecular weight excluding hydrogens is 196 g/mol. The van der Waals surface area contributed by atoms with Gasteiger partial charge in [-0.1, -0.05) is 0 Å². The SMILES string of the molecule is CC(C)(C)OC(=O)N1CCC(CON)C1. The Morgan fingerprint density at radius 2 is 2.20 bits per heavy atom. The van der Waals surface area contributed by atoms with E-state index in [0.717, 1.165) is 13.0 Å². The van der Waals surface area contributed by atoms with Gasteiger partial charge in [-0.25, -0.2) is 10.7 Å². The second-order valence-corrected chi connectivity index (χ2v) is 4.91. The average molecular weight is 216 g/mol. The van der Waals surface area contributed by atoms with Crippen LogP contribution < -0.4 is 5.90 Å². The van der Waals surface area contributed by atoms with E-state index in [1.807, 2.05) is 20.8 Å². The second kappa shape index (κ2) is 4.81. The van der Waals surface area contributed by atoms with Crippen LogP contribution in [0.1, 0.15) is 27.2 Å². The summed E-state index contributed by atoms with van der Waals surface area (Å²) in [5, 5.41) is 0. The fraction of sp³-hybridized carbons (Fsp3) is 0.900. The maximum atomic E-state index is 11.6. The molecule has 5 heteroatoms. The highest BCUT2D eigenvalue weighted by molar-refractivity contribution is 5.68. The Hall–Kier alpha value is -0.810. The fourth-order valence-electron chi connectivity index (χ4n) is 1.60. The van der Waals surface area contributed by atoms with Gasteiger partial charge < -0.3 is 14.5 Å². The van der Waals surface area contributed by atoms with Gasteiger partial charge in [0.05, 0.1) is 6.61 Å². The van der Waals surface area contributed by atoms with E-state index in [2.05, 4.69) is 4.84 Å². The van der Waals surface area contributed by atoms with E-state index < -0.39 is 5.60 Å². The number of nitrogens with two attached hydrogens (primary N) is 1. The molecule has 1 unspecified atom stereocenters. The Kier molecular flexibility index (Phi) is 3.93. The van der Waals surface area contributed by atoms with Crippen molar-refractivity contribution in [2.75, 3.05) is 19.7 Å². The predicted octanol–water partition coefficient (Wildman–Crippen LogP) is 1.13. The van der Waals surface area contributed by atoms with E-state index in [1.54, 1.807) is 4.90 Å². The second-order valence-electron chi connectivity index (χ2n) is 4.91. The van der Waals surface area contributed by atoms with Gasteiger partial charge in [0.15, 0.2) is 0 Å². The highest BCUT2D eigenvalue weighted by atomic mass is 16.6. The third-order valence-electron chi connectivity index (χ3n) is 2.27. The summed E-state index contributed by atoms with van der Waals surface area (Å²) in [5.74, 6) is 5.33. The molecule has 1 aliphatic heterocycles. The molecule has 0 bridgehead atoms. The van der Waals surface area contributed by atoms with E-state index in [9.17, 15) is 4.79 Å². The third kappa shape index (κ3) is 4.05. The van der Waals surface area contributed by atoms with Crippen molar-refractivity contribution in [2.45, 2.75) is 32.8 Å². The van der Waals surface area contributed by atoms with Crippen LogP contribution in [0, 0.1) is 5.92 Å². The van der Waals surface area contributed by atoms with Crippen molar-refractivity contribution >= 4 is 6.09 Å². The van der Waals surface area contributed by atoms with Gasteiger partial charge in [-0.15, -0.1) is 0 Å².